The van der Waals surface area contributed by atoms with Crippen molar-refractivity contribution in [1.82, 2.24) is 19.7 Å². The van der Waals surface area contributed by atoms with Gasteiger partial charge >= 0.3 is 0 Å². The summed E-state index contributed by atoms with van der Waals surface area (Å²) in [5.74, 6) is 0.401. The molecule has 148 valence electrons. The van der Waals surface area contributed by atoms with Crippen molar-refractivity contribution in [2.45, 2.75) is 46.1 Å². The Balaban J connectivity index is 1.61. The number of hydrogen-bond donors (Lipinski definition) is 1. The average Bonchev–Trinajstić information content (AvgIpc) is 3.06. The molecule has 0 spiro atoms. The first kappa shape index (κ1) is 19.1. The number of anilines is 1. The van der Waals surface area contributed by atoms with Crippen LogP contribution >= 0.6 is 0 Å². The third-order valence-electron chi connectivity index (χ3n) is 5.06. The van der Waals surface area contributed by atoms with E-state index in [4.69, 9.17) is 4.98 Å². The molecule has 0 aliphatic heterocycles. The summed E-state index contributed by atoms with van der Waals surface area (Å²) in [5.41, 5.74) is 8.00. The summed E-state index contributed by atoms with van der Waals surface area (Å²) in [6.45, 7) is 5.22. The van der Waals surface area contributed by atoms with Crippen LogP contribution in [0.15, 0.2) is 53.6 Å². The molecule has 2 aromatic heterocycles. The number of benzene rings is 2. The van der Waals surface area contributed by atoms with Gasteiger partial charge in [-0.1, -0.05) is 74.2 Å². The zero-order chi connectivity index (χ0) is 20.1. The minimum absolute atomic E-state index is 0.401. The van der Waals surface area contributed by atoms with Crippen molar-refractivity contribution in [3.63, 3.8) is 0 Å². The predicted octanol–water partition coefficient (Wildman–Crippen LogP) is 5.31. The monoisotopic (exact) mass is 386 g/mol. The van der Waals surface area contributed by atoms with Crippen LogP contribution in [-0.4, -0.2) is 26.0 Å². The molecule has 2 aromatic carbocycles. The summed E-state index contributed by atoms with van der Waals surface area (Å²) in [5, 5.41) is 14.0. The minimum atomic E-state index is 0.401. The Kier molecular flexibility index (Phi) is 5.79. The zero-order valence-corrected chi connectivity index (χ0v) is 17.0. The Labute approximate surface area is 170 Å². The number of para-hydroxylation sites is 1. The van der Waals surface area contributed by atoms with Gasteiger partial charge in [0.15, 0.2) is 5.65 Å². The molecular weight excluding hydrogens is 360 g/mol. The Morgan fingerprint density at radius 2 is 1.83 bits per heavy atom. The number of unbranched alkanes of at least 4 members (excludes halogenated alkanes) is 3. The lowest BCUT2D eigenvalue weighted by Crippen LogP contribution is -2.03. The molecule has 29 heavy (non-hydrogen) atoms. The second-order valence-electron chi connectivity index (χ2n) is 7.32. The van der Waals surface area contributed by atoms with Crippen LogP contribution in [0, 0.1) is 6.92 Å². The standard InChI is InChI=1S/C23H26N6/c1-3-4-5-8-15-29-20-10-7-6-9-19(20)21-22(29)25-23(28-26-21)27-24-16-18-13-11-17(2)12-14-18/h6-7,9-14,16H,3-5,8,15H2,1-2H3,(H,25,27,28)/b24-16+. The van der Waals surface area contributed by atoms with Crippen LogP contribution in [0.5, 0.6) is 0 Å². The first-order valence-corrected chi connectivity index (χ1v) is 10.2. The Bertz CT molecular complexity index is 1130. The summed E-state index contributed by atoms with van der Waals surface area (Å²) in [6, 6.07) is 16.5. The maximum absolute atomic E-state index is 4.72. The molecule has 0 saturated heterocycles. The highest BCUT2D eigenvalue weighted by molar-refractivity contribution is 6.04. The van der Waals surface area contributed by atoms with Crippen molar-refractivity contribution in [2.24, 2.45) is 5.10 Å². The van der Waals surface area contributed by atoms with Crippen LogP contribution in [0.1, 0.15) is 43.7 Å². The Hall–Kier alpha value is -3.28. The lowest BCUT2D eigenvalue weighted by Gasteiger charge is -2.06. The summed E-state index contributed by atoms with van der Waals surface area (Å²) in [7, 11) is 0. The van der Waals surface area contributed by atoms with Crippen molar-refractivity contribution in [1.29, 1.82) is 0 Å². The summed E-state index contributed by atoms with van der Waals surface area (Å²) >= 11 is 0. The van der Waals surface area contributed by atoms with Crippen LogP contribution in [0.2, 0.25) is 0 Å². The predicted molar refractivity (Wildman–Crippen MR) is 119 cm³/mol. The van der Waals surface area contributed by atoms with E-state index in [1.807, 2.05) is 18.2 Å². The van der Waals surface area contributed by atoms with Crippen LogP contribution in [-0.2, 0) is 6.54 Å². The summed E-state index contributed by atoms with van der Waals surface area (Å²) < 4.78 is 2.25. The van der Waals surface area contributed by atoms with E-state index in [1.165, 1.54) is 24.8 Å². The highest BCUT2D eigenvalue weighted by Crippen LogP contribution is 2.26. The van der Waals surface area contributed by atoms with Crippen molar-refractivity contribution in [3.05, 3.63) is 59.7 Å². The molecule has 0 saturated carbocycles. The SMILES string of the molecule is CCCCCCn1c2ccccc2c2nnc(N/N=C/c3ccc(C)cc3)nc21. The number of hydrogen-bond acceptors (Lipinski definition) is 5. The van der Waals surface area contributed by atoms with Gasteiger partial charge in [-0.25, -0.2) is 5.43 Å². The maximum atomic E-state index is 4.72. The van der Waals surface area contributed by atoms with Gasteiger partial charge in [-0.05, 0) is 25.0 Å². The number of rotatable bonds is 8. The van der Waals surface area contributed by atoms with Gasteiger partial charge in [0, 0.05) is 11.9 Å². The maximum Gasteiger partial charge on any atom is 0.265 e. The molecule has 4 rings (SSSR count). The van der Waals surface area contributed by atoms with Gasteiger partial charge in [0.05, 0.1) is 11.7 Å². The number of fused-ring (bicyclic) bond motifs is 3. The molecule has 0 amide bonds. The van der Waals surface area contributed by atoms with E-state index in [0.717, 1.165) is 40.6 Å². The molecule has 0 radical (unpaired) electrons. The third kappa shape index (κ3) is 4.26. The van der Waals surface area contributed by atoms with Gasteiger partial charge in [-0.3, -0.25) is 0 Å². The number of hydrazone groups is 1. The fraction of sp³-hybridized carbons (Fsp3) is 0.304. The fourth-order valence-corrected chi connectivity index (χ4v) is 3.49. The Morgan fingerprint density at radius 3 is 2.66 bits per heavy atom. The molecular formula is C23H26N6. The van der Waals surface area contributed by atoms with Crippen molar-refractivity contribution in [2.75, 3.05) is 5.43 Å². The molecule has 0 bridgehead atoms. The number of nitrogens with zero attached hydrogens (tertiary/aromatic N) is 5. The van der Waals surface area contributed by atoms with E-state index in [9.17, 15) is 0 Å². The minimum Gasteiger partial charge on any atom is -0.324 e. The molecule has 0 fully saturated rings. The molecule has 0 unspecified atom stereocenters. The van der Waals surface area contributed by atoms with Gasteiger partial charge < -0.3 is 4.57 Å². The molecule has 2 heterocycles. The number of aromatic nitrogens is 4. The first-order chi connectivity index (χ1) is 14.3. The molecule has 0 aliphatic rings. The van der Waals surface area contributed by atoms with Gasteiger partial charge in [0.1, 0.15) is 5.52 Å². The van der Waals surface area contributed by atoms with Crippen LogP contribution in [0.4, 0.5) is 5.95 Å². The second kappa shape index (κ2) is 8.82. The van der Waals surface area contributed by atoms with E-state index in [1.54, 1.807) is 6.21 Å². The molecule has 1 N–H and O–H groups in total. The lowest BCUT2D eigenvalue weighted by atomic mass is 10.2. The van der Waals surface area contributed by atoms with Gasteiger partial charge in [0.25, 0.3) is 5.95 Å². The normalized spacial score (nSPS) is 11.7. The van der Waals surface area contributed by atoms with Gasteiger partial charge in [-0.15, -0.1) is 10.2 Å². The topological polar surface area (TPSA) is 68.0 Å². The van der Waals surface area contributed by atoms with E-state index in [2.05, 4.69) is 69.5 Å². The van der Waals surface area contributed by atoms with E-state index >= 15 is 0 Å². The molecule has 4 aromatic rings. The van der Waals surface area contributed by atoms with E-state index < -0.39 is 0 Å². The largest absolute Gasteiger partial charge is 0.324 e. The van der Waals surface area contributed by atoms with Crippen molar-refractivity contribution < 1.29 is 0 Å². The van der Waals surface area contributed by atoms with Crippen LogP contribution < -0.4 is 5.43 Å². The van der Waals surface area contributed by atoms with Gasteiger partial charge in [-0.2, -0.15) is 10.1 Å². The summed E-state index contributed by atoms with van der Waals surface area (Å²) in [4.78, 5) is 4.72. The average molecular weight is 387 g/mol. The summed E-state index contributed by atoms with van der Waals surface area (Å²) in [6.07, 6.45) is 6.58. The highest BCUT2D eigenvalue weighted by Gasteiger charge is 2.14. The van der Waals surface area contributed by atoms with E-state index in [0.29, 0.717) is 5.95 Å². The highest BCUT2D eigenvalue weighted by atomic mass is 15.4. The second-order valence-corrected chi connectivity index (χ2v) is 7.32. The van der Waals surface area contributed by atoms with E-state index in [-0.39, 0.29) is 0 Å². The smallest absolute Gasteiger partial charge is 0.265 e. The number of aryl methyl sites for hydroxylation is 2. The third-order valence-corrected chi connectivity index (χ3v) is 5.06. The quantitative estimate of drug-likeness (QED) is 0.253. The zero-order valence-electron chi connectivity index (χ0n) is 17.0. The van der Waals surface area contributed by atoms with Crippen molar-refractivity contribution >= 4 is 34.2 Å². The van der Waals surface area contributed by atoms with Gasteiger partial charge in [0.2, 0.25) is 0 Å². The molecule has 6 nitrogen and oxygen atoms in total. The molecule has 0 aliphatic carbocycles. The fourth-order valence-electron chi connectivity index (χ4n) is 3.49. The number of nitrogens with one attached hydrogen (secondary N) is 1. The molecule has 0 atom stereocenters. The Morgan fingerprint density at radius 1 is 1.00 bits per heavy atom. The first-order valence-electron chi connectivity index (χ1n) is 10.2. The van der Waals surface area contributed by atoms with Crippen LogP contribution in [0.25, 0.3) is 22.1 Å². The van der Waals surface area contributed by atoms with Crippen molar-refractivity contribution in [3.8, 4) is 0 Å². The lowest BCUT2D eigenvalue weighted by molar-refractivity contribution is 0.600. The van der Waals surface area contributed by atoms with Crippen LogP contribution in [0.3, 0.4) is 0 Å². The molecule has 6 heteroatoms.